The Morgan fingerprint density at radius 1 is 1.15 bits per heavy atom. The molecule has 1 N–H and O–H groups in total. The van der Waals surface area contributed by atoms with Crippen LogP contribution in [0, 0.1) is 0 Å². The average Bonchev–Trinajstić information content (AvgIpc) is 2.95. The third kappa shape index (κ3) is 4.42. The van der Waals surface area contributed by atoms with Crippen LogP contribution in [0.25, 0.3) is 0 Å². The van der Waals surface area contributed by atoms with Gasteiger partial charge in [-0.3, -0.25) is 4.90 Å². The van der Waals surface area contributed by atoms with E-state index in [1.165, 1.54) is 16.0 Å². The fraction of sp³-hybridized carbons (Fsp3) is 0.409. The molecule has 144 valence electrons. The third-order valence-corrected chi connectivity index (χ3v) is 5.15. The molecule has 5 nitrogen and oxygen atoms in total. The molecule has 0 aromatic heterocycles. The van der Waals surface area contributed by atoms with Crippen LogP contribution in [0.15, 0.2) is 54.6 Å². The minimum atomic E-state index is -0.934. The lowest BCUT2D eigenvalue weighted by molar-refractivity contribution is -0.0417. The van der Waals surface area contributed by atoms with E-state index in [9.17, 15) is 9.90 Å². The van der Waals surface area contributed by atoms with Crippen LogP contribution >= 0.6 is 0 Å². The van der Waals surface area contributed by atoms with E-state index in [-0.39, 0.29) is 6.04 Å². The Bertz CT molecular complexity index is 759. The van der Waals surface area contributed by atoms with Crippen molar-refractivity contribution >= 4 is 11.8 Å². The third-order valence-electron chi connectivity index (χ3n) is 5.15. The predicted octanol–water partition coefficient (Wildman–Crippen LogP) is 4.22. The second-order valence-corrected chi connectivity index (χ2v) is 7.43. The largest absolute Gasteiger partial charge is 0.465 e. The van der Waals surface area contributed by atoms with Crippen molar-refractivity contribution in [2.45, 2.75) is 39.0 Å². The van der Waals surface area contributed by atoms with Gasteiger partial charge in [-0.15, -0.1) is 0 Å². The minimum Gasteiger partial charge on any atom is -0.465 e. The highest BCUT2D eigenvalue weighted by Crippen LogP contribution is 2.29. The molecule has 3 rings (SSSR count). The number of carboxylic acid groups (broad SMARTS) is 1. The van der Waals surface area contributed by atoms with Gasteiger partial charge in [0.05, 0.1) is 12.6 Å². The normalized spacial score (nSPS) is 18.5. The Labute approximate surface area is 161 Å². The summed E-state index contributed by atoms with van der Waals surface area (Å²) < 4.78 is 5.71. The molecule has 0 aliphatic carbocycles. The lowest BCUT2D eigenvalue weighted by Gasteiger charge is -2.34. The van der Waals surface area contributed by atoms with Crippen molar-refractivity contribution in [2.75, 3.05) is 24.6 Å². The monoisotopic (exact) mass is 368 g/mol. The van der Waals surface area contributed by atoms with E-state index in [1.807, 2.05) is 6.07 Å². The smallest absolute Gasteiger partial charge is 0.409 e. The van der Waals surface area contributed by atoms with E-state index < -0.39 is 11.8 Å². The summed E-state index contributed by atoms with van der Waals surface area (Å²) in [6.07, 6.45) is -0.0261. The van der Waals surface area contributed by atoms with Gasteiger partial charge < -0.3 is 14.7 Å². The number of likely N-dealkylation sites (N-methyl/N-ethyl adjacent to an activating group) is 1. The van der Waals surface area contributed by atoms with Crippen molar-refractivity contribution in [3.63, 3.8) is 0 Å². The first-order valence-corrected chi connectivity index (χ1v) is 9.44. The lowest BCUT2D eigenvalue weighted by atomic mass is 10.0. The summed E-state index contributed by atoms with van der Waals surface area (Å²) in [5, 5.41) is 9.58. The zero-order valence-electron chi connectivity index (χ0n) is 16.3. The molecular formula is C22H28N2O3. The number of ether oxygens (including phenoxy) is 1. The second-order valence-electron chi connectivity index (χ2n) is 7.43. The molecule has 1 saturated heterocycles. The maximum atomic E-state index is 11.7. The van der Waals surface area contributed by atoms with Gasteiger partial charge in [-0.2, -0.15) is 0 Å². The van der Waals surface area contributed by atoms with Gasteiger partial charge in [0.15, 0.2) is 0 Å². The fourth-order valence-electron chi connectivity index (χ4n) is 3.73. The topological polar surface area (TPSA) is 53.0 Å². The number of hydrogen-bond acceptors (Lipinski definition) is 3. The first kappa shape index (κ1) is 19.2. The van der Waals surface area contributed by atoms with Crippen LogP contribution < -0.4 is 4.90 Å². The van der Waals surface area contributed by atoms with Crippen molar-refractivity contribution in [1.82, 2.24) is 4.90 Å². The van der Waals surface area contributed by atoms with Crippen LogP contribution in [0.1, 0.15) is 31.9 Å². The molecule has 0 bridgehead atoms. The highest BCUT2D eigenvalue weighted by Gasteiger charge is 2.44. The Kier molecular flexibility index (Phi) is 5.71. The maximum absolute atomic E-state index is 11.7. The summed E-state index contributed by atoms with van der Waals surface area (Å²) in [6.45, 7) is 7.53. The molecule has 5 heteroatoms. The van der Waals surface area contributed by atoms with Gasteiger partial charge in [-0.05, 0) is 50.5 Å². The average molecular weight is 368 g/mol. The molecule has 0 unspecified atom stereocenters. The molecule has 1 fully saturated rings. The molecule has 1 aliphatic heterocycles. The molecule has 1 heterocycles. The van der Waals surface area contributed by atoms with Gasteiger partial charge >= 0.3 is 6.09 Å². The maximum Gasteiger partial charge on any atom is 0.409 e. The van der Waals surface area contributed by atoms with Gasteiger partial charge in [0.25, 0.3) is 0 Å². The number of nitrogens with zero attached hydrogens (tertiary/aromatic N) is 2. The number of carbonyl (C=O) groups is 1. The molecule has 1 amide bonds. The summed E-state index contributed by atoms with van der Waals surface area (Å²) in [7, 11) is 0. The van der Waals surface area contributed by atoms with E-state index in [4.69, 9.17) is 4.74 Å². The van der Waals surface area contributed by atoms with Crippen molar-refractivity contribution in [3.8, 4) is 0 Å². The zero-order valence-corrected chi connectivity index (χ0v) is 16.3. The van der Waals surface area contributed by atoms with E-state index in [1.54, 1.807) is 13.8 Å². The Morgan fingerprint density at radius 3 is 2.37 bits per heavy atom. The van der Waals surface area contributed by atoms with Crippen molar-refractivity contribution < 1.29 is 14.6 Å². The zero-order chi connectivity index (χ0) is 19.4. The van der Waals surface area contributed by atoms with Gasteiger partial charge in [0.1, 0.15) is 5.72 Å². The predicted molar refractivity (Wildman–Crippen MR) is 107 cm³/mol. The first-order valence-electron chi connectivity index (χ1n) is 9.44. The highest BCUT2D eigenvalue weighted by molar-refractivity contribution is 5.67. The number of anilines is 1. The van der Waals surface area contributed by atoms with Gasteiger partial charge in [-0.1, -0.05) is 42.5 Å². The standard InChI is InChI=1S/C22H28N2O3/c1-4-23(15-20-16-27-22(2,3)24(20)21(25)26)19-12-10-18(11-13-19)14-17-8-6-5-7-9-17/h5-13,20H,4,14-16H2,1-3H3,(H,25,26)/t20-/m0/s1. The SMILES string of the molecule is CCN(C[C@H]1COC(C)(C)N1C(=O)O)c1ccc(Cc2ccccc2)cc1. The van der Waals surface area contributed by atoms with Crippen LogP contribution in [-0.4, -0.2) is 47.6 Å². The summed E-state index contributed by atoms with van der Waals surface area (Å²) in [6, 6.07) is 18.8. The van der Waals surface area contributed by atoms with Crippen molar-refractivity contribution in [3.05, 3.63) is 65.7 Å². The minimum absolute atomic E-state index is 0.179. The quantitative estimate of drug-likeness (QED) is 0.829. The van der Waals surface area contributed by atoms with Crippen LogP contribution in [0.4, 0.5) is 10.5 Å². The van der Waals surface area contributed by atoms with Gasteiger partial charge in [0, 0.05) is 18.8 Å². The van der Waals surface area contributed by atoms with Crippen molar-refractivity contribution in [1.29, 1.82) is 0 Å². The summed E-state index contributed by atoms with van der Waals surface area (Å²) in [5.74, 6) is 0. The molecule has 0 radical (unpaired) electrons. The van der Waals surface area contributed by atoms with Crippen LogP contribution in [0.2, 0.25) is 0 Å². The molecule has 0 saturated carbocycles. The van der Waals surface area contributed by atoms with Gasteiger partial charge in [0.2, 0.25) is 0 Å². The van der Waals surface area contributed by atoms with E-state index in [0.717, 1.165) is 18.7 Å². The number of amides is 1. The molecule has 0 spiro atoms. The van der Waals surface area contributed by atoms with Gasteiger partial charge in [-0.25, -0.2) is 4.79 Å². The van der Waals surface area contributed by atoms with E-state index in [0.29, 0.717) is 13.2 Å². The molecule has 2 aromatic carbocycles. The summed E-state index contributed by atoms with van der Waals surface area (Å²) in [4.78, 5) is 15.3. The Balaban J connectivity index is 1.69. The lowest BCUT2D eigenvalue weighted by Crippen LogP contribution is -2.51. The molecule has 1 atom stereocenters. The molecule has 27 heavy (non-hydrogen) atoms. The van der Waals surface area contributed by atoms with Crippen molar-refractivity contribution in [2.24, 2.45) is 0 Å². The highest BCUT2D eigenvalue weighted by atomic mass is 16.5. The van der Waals surface area contributed by atoms with Crippen LogP contribution in [-0.2, 0) is 11.2 Å². The number of benzene rings is 2. The Hall–Kier alpha value is -2.53. The summed E-state index contributed by atoms with van der Waals surface area (Å²) >= 11 is 0. The van der Waals surface area contributed by atoms with Crippen LogP contribution in [0.3, 0.4) is 0 Å². The Morgan fingerprint density at radius 2 is 1.78 bits per heavy atom. The van der Waals surface area contributed by atoms with Crippen LogP contribution in [0.5, 0.6) is 0 Å². The second kappa shape index (κ2) is 8.01. The fourth-order valence-corrected chi connectivity index (χ4v) is 3.73. The summed E-state index contributed by atoms with van der Waals surface area (Å²) in [5.41, 5.74) is 2.87. The van der Waals surface area contributed by atoms with E-state index in [2.05, 4.69) is 60.4 Å². The molecule has 2 aromatic rings. The molecule has 1 aliphatic rings. The number of hydrogen-bond donors (Lipinski definition) is 1. The molecular weight excluding hydrogens is 340 g/mol. The number of rotatable bonds is 6. The first-order chi connectivity index (χ1) is 12.9. The van der Waals surface area contributed by atoms with E-state index >= 15 is 0 Å².